The molecule has 0 spiro atoms. The molecule has 5 aromatic rings. The molecule has 0 fully saturated rings. The number of pyridine rings is 2. The Morgan fingerprint density at radius 3 is 2.63 bits per heavy atom. The molecule has 6 heteroatoms. The maximum Gasteiger partial charge on any atom is 0.249 e. The average Bonchev–Trinajstić information content (AvgIpc) is 3.08. The van der Waals surface area contributed by atoms with Gasteiger partial charge in [0.25, 0.3) is 0 Å². The highest BCUT2D eigenvalue weighted by Crippen LogP contribution is 2.33. The third-order valence-corrected chi connectivity index (χ3v) is 4.68. The van der Waals surface area contributed by atoms with E-state index in [9.17, 15) is 4.79 Å². The molecule has 3 aromatic heterocycles. The van der Waals surface area contributed by atoms with Crippen LogP contribution >= 0.6 is 0 Å². The minimum absolute atomic E-state index is 0.163. The van der Waals surface area contributed by atoms with Crippen molar-refractivity contribution in [2.75, 3.05) is 0 Å². The van der Waals surface area contributed by atoms with E-state index in [1.165, 1.54) is 6.07 Å². The van der Waals surface area contributed by atoms with Crippen molar-refractivity contribution in [3.63, 3.8) is 0 Å². The van der Waals surface area contributed by atoms with Crippen LogP contribution in [0.25, 0.3) is 44.5 Å². The highest BCUT2D eigenvalue weighted by atomic mass is 16.1. The predicted octanol–water partition coefficient (Wildman–Crippen LogP) is 3.54. The zero-order valence-corrected chi connectivity index (χ0v) is 14.5. The predicted molar refractivity (Wildman–Crippen MR) is 105 cm³/mol. The first kappa shape index (κ1) is 15.5. The van der Waals surface area contributed by atoms with Gasteiger partial charge in [0, 0.05) is 29.6 Å². The van der Waals surface area contributed by atoms with Gasteiger partial charge in [-0.15, -0.1) is 5.10 Å². The van der Waals surface area contributed by atoms with Crippen molar-refractivity contribution in [2.45, 2.75) is 0 Å². The fourth-order valence-corrected chi connectivity index (χ4v) is 3.31. The molecule has 0 saturated carbocycles. The lowest BCUT2D eigenvalue weighted by molar-refractivity contribution is 0.736. The lowest BCUT2D eigenvalue weighted by atomic mass is 9.98. The number of hydrogen-bond acceptors (Lipinski definition) is 4. The molecule has 1 N–H and O–H groups in total. The van der Waals surface area contributed by atoms with Gasteiger partial charge >= 0.3 is 0 Å². The number of fused-ring (bicyclic) bond motifs is 2. The van der Waals surface area contributed by atoms with E-state index in [2.05, 4.69) is 27.4 Å². The van der Waals surface area contributed by atoms with Crippen molar-refractivity contribution in [3.05, 3.63) is 77.1 Å². The Kier molecular flexibility index (Phi) is 3.36. The quantitative estimate of drug-likeness (QED) is 0.527. The number of aromatic nitrogens is 5. The van der Waals surface area contributed by atoms with Gasteiger partial charge in [-0.3, -0.25) is 4.79 Å². The van der Waals surface area contributed by atoms with Crippen molar-refractivity contribution >= 4 is 22.1 Å². The normalized spacial score (nSPS) is 11.3. The standard InChI is InChI=1S/C21H15N5O/c1-26-18-12-14(7-9-17(18)24-25-26)16-11-15-8-10-19(27)22-21(15)23-20(16)13-5-3-2-4-6-13/h2-12H,1H3,(H,22,23,27). The van der Waals surface area contributed by atoms with Gasteiger partial charge in [-0.1, -0.05) is 41.6 Å². The Morgan fingerprint density at radius 2 is 1.78 bits per heavy atom. The average molecular weight is 353 g/mol. The summed E-state index contributed by atoms with van der Waals surface area (Å²) >= 11 is 0. The molecule has 2 aromatic carbocycles. The molecule has 6 nitrogen and oxygen atoms in total. The third-order valence-electron chi connectivity index (χ3n) is 4.68. The maximum absolute atomic E-state index is 11.7. The Bertz CT molecular complexity index is 1350. The number of H-pyrrole nitrogens is 1. The second-order valence-electron chi connectivity index (χ2n) is 6.43. The van der Waals surface area contributed by atoms with Crippen LogP contribution in [0.2, 0.25) is 0 Å². The van der Waals surface area contributed by atoms with Crippen LogP contribution in [0, 0.1) is 0 Å². The second-order valence-corrected chi connectivity index (χ2v) is 6.43. The molecular formula is C21H15N5O. The van der Waals surface area contributed by atoms with Gasteiger partial charge < -0.3 is 4.98 Å². The molecule has 0 aliphatic rings. The first-order valence-corrected chi connectivity index (χ1v) is 8.58. The van der Waals surface area contributed by atoms with Crippen LogP contribution in [0.5, 0.6) is 0 Å². The number of hydrogen-bond donors (Lipinski definition) is 1. The van der Waals surface area contributed by atoms with E-state index in [1.807, 2.05) is 49.5 Å². The number of benzene rings is 2. The molecule has 0 aliphatic carbocycles. The van der Waals surface area contributed by atoms with Crippen molar-refractivity contribution in [2.24, 2.45) is 7.05 Å². The Hall–Kier alpha value is -3.80. The van der Waals surface area contributed by atoms with Gasteiger partial charge in [0.2, 0.25) is 5.56 Å². The minimum Gasteiger partial charge on any atom is -0.307 e. The van der Waals surface area contributed by atoms with Crippen LogP contribution in [-0.2, 0) is 7.05 Å². The molecule has 0 atom stereocenters. The zero-order chi connectivity index (χ0) is 18.4. The summed E-state index contributed by atoms with van der Waals surface area (Å²) in [7, 11) is 1.88. The smallest absolute Gasteiger partial charge is 0.249 e. The fraction of sp³-hybridized carbons (Fsp3) is 0.0476. The number of rotatable bonds is 2. The Balaban J connectivity index is 1.84. The van der Waals surface area contributed by atoms with Crippen LogP contribution in [0.3, 0.4) is 0 Å². The van der Waals surface area contributed by atoms with Gasteiger partial charge in [-0.05, 0) is 29.8 Å². The highest BCUT2D eigenvalue weighted by molar-refractivity contribution is 5.92. The Morgan fingerprint density at radius 1 is 0.926 bits per heavy atom. The van der Waals surface area contributed by atoms with Crippen LogP contribution in [0.1, 0.15) is 0 Å². The van der Waals surface area contributed by atoms with E-state index in [1.54, 1.807) is 10.7 Å². The fourth-order valence-electron chi connectivity index (χ4n) is 3.31. The first-order valence-electron chi connectivity index (χ1n) is 8.58. The molecule has 3 heterocycles. The Labute approximate surface area is 154 Å². The van der Waals surface area contributed by atoms with Crippen LogP contribution in [-0.4, -0.2) is 25.0 Å². The van der Waals surface area contributed by atoms with Gasteiger partial charge in [0.05, 0.1) is 11.2 Å². The van der Waals surface area contributed by atoms with E-state index in [0.29, 0.717) is 5.65 Å². The molecule has 130 valence electrons. The van der Waals surface area contributed by atoms with Crippen LogP contribution in [0.4, 0.5) is 0 Å². The number of aromatic amines is 1. The largest absolute Gasteiger partial charge is 0.307 e. The minimum atomic E-state index is -0.163. The van der Waals surface area contributed by atoms with Gasteiger partial charge in [0.1, 0.15) is 11.2 Å². The maximum atomic E-state index is 11.7. The van der Waals surface area contributed by atoms with E-state index in [4.69, 9.17) is 4.98 Å². The molecule has 0 unspecified atom stereocenters. The van der Waals surface area contributed by atoms with Gasteiger partial charge in [-0.2, -0.15) is 0 Å². The summed E-state index contributed by atoms with van der Waals surface area (Å²) in [5, 5.41) is 9.11. The third kappa shape index (κ3) is 2.58. The number of nitrogens with zero attached hydrogens (tertiary/aromatic N) is 4. The summed E-state index contributed by atoms with van der Waals surface area (Å²) in [4.78, 5) is 19.3. The van der Waals surface area contributed by atoms with Crippen molar-refractivity contribution < 1.29 is 0 Å². The topological polar surface area (TPSA) is 76.5 Å². The van der Waals surface area contributed by atoms with E-state index in [-0.39, 0.29) is 5.56 Å². The van der Waals surface area contributed by atoms with Crippen molar-refractivity contribution in [3.8, 4) is 22.4 Å². The van der Waals surface area contributed by atoms with E-state index < -0.39 is 0 Å². The molecule has 27 heavy (non-hydrogen) atoms. The molecular weight excluding hydrogens is 338 g/mol. The molecule has 0 aliphatic heterocycles. The summed E-state index contributed by atoms with van der Waals surface area (Å²) in [6, 6.07) is 21.4. The molecule has 0 radical (unpaired) electrons. The summed E-state index contributed by atoms with van der Waals surface area (Å²) in [6.45, 7) is 0. The second kappa shape index (κ2) is 5.88. The summed E-state index contributed by atoms with van der Waals surface area (Å²) in [6.07, 6.45) is 0. The van der Waals surface area contributed by atoms with Crippen LogP contribution < -0.4 is 5.56 Å². The summed E-state index contributed by atoms with van der Waals surface area (Å²) in [5.41, 5.74) is 6.03. The summed E-state index contributed by atoms with van der Waals surface area (Å²) < 4.78 is 1.76. The highest BCUT2D eigenvalue weighted by Gasteiger charge is 2.13. The monoisotopic (exact) mass is 353 g/mol. The SMILES string of the molecule is Cn1nnc2ccc(-c3cc4ccc(=O)[nH]c4nc3-c3ccccc3)cc21. The van der Waals surface area contributed by atoms with E-state index >= 15 is 0 Å². The zero-order valence-electron chi connectivity index (χ0n) is 14.5. The summed E-state index contributed by atoms with van der Waals surface area (Å²) in [5.74, 6) is 0. The van der Waals surface area contributed by atoms with E-state index in [0.717, 1.165) is 38.8 Å². The molecule has 0 amide bonds. The molecule has 5 rings (SSSR count). The lowest BCUT2D eigenvalue weighted by Gasteiger charge is -2.11. The molecule has 0 saturated heterocycles. The van der Waals surface area contributed by atoms with Crippen molar-refractivity contribution in [1.82, 2.24) is 25.0 Å². The van der Waals surface area contributed by atoms with Crippen molar-refractivity contribution in [1.29, 1.82) is 0 Å². The molecule has 0 bridgehead atoms. The van der Waals surface area contributed by atoms with Crippen LogP contribution in [0.15, 0.2) is 71.5 Å². The number of nitrogens with one attached hydrogen (secondary N) is 1. The van der Waals surface area contributed by atoms with Gasteiger partial charge in [-0.25, -0.2) is 9.67 Å². The first-order chi connectivity index (χ1) is 13.2. The lowest BCUT2D eigenvalue weighted by Crippen LogP contribution is -2.04. The van der Waals surface area contributed by atoms with Gasteiger partial charge in [0.15, 0.2) is 0 Å². The number of aryl methyl sites for hydroxylation is 1.